The second kappa shape index (κ2) is 5.19. The van der Waals surface area contributed by atoms with Crippen LogP contribution >= 0.6 is 0 Å². The highest BCUT2D eigenvalue weighted by Crippen LogP contribution is 2.30. The van der Waals surface area contributed by atoms with Gasteiger partial charge in [0.2, 0.25) is 0 Å². The molecular formula is C15H24N2. The Balaban J connectivity index is 2.14. The SMILES string of the molecule is Cc1ccc(C(CN)N2CC(C)C(C)C2)cc1. The van der Waals surface area contributed by atoms with Crippen LogP contribution in [0.1, 0.15) is 31.0 Å². The van der Waals surface area contributed by atoms with Crippen molar-refractivity contribution in [1.82, 2.24) is 4.90 Å². The number of nitrogens with zero attached hydrogens (tertiary/aromatic N) is 1. The molecule has 1 aromatic rings. The van der Waals surface area contributed by atoms with E-state index in [0.29, 0.717) is 12.6 Å². The first kappa shape index (κ1) is 12.6. The predicted molar refractivity (Wildman–Crippen MR) is 72.9 cm³/mol. The van der Waals surface area contributed by atoms with Crippen LogP contribution in [0, 0.1) is 18.8 Å². The molecule has 0 aromatic heterocycles. The Morgan fingerprint density at radius 1 is 1.18 bits per heavy atom. The number of benzene rings is 1. The zero-order chi connectivity index (χ0) is 12.4. The van der Waals surface area contributed by atoms with Crippen LogP contribution in [0.25, 0.3) is 0 Å². The van der Waals surface area contributed by atoms with E-state index in [0.717, 1.165) is 11.8 Å². The summed E-state index contributed by atoms with van der Waals surface area (Å²) in [4.78, 5) is 2.54. The lowest BCUT2D eigenvalue weighted by Crippen LogP contribution is -2.32. The Kier molecular flexibility index (Phi) is 3.85. The van der Waals surface area contributed by atoms with E-state index in [9.17, 15) is 0 Å². The van der Waals surface area contributed by atoms with Crippen molar-refractivity contribution >= 4 is 0 Å². The Bertz CT molecular complexity index is 348. The number of hydrogen-bond acceptors (Lipinski definition) is 2. The summed E-state index contributed by atoms with van der Waals surface area (Å²) in [6.07, 6.45) is 0. The summed E-state index contributed by atoms with van der Waals surface area (Å²) in [6, 6.07) is 9.20. The van der Waals surface area contributed by atoms with E-state index in [1.165, 1.54) is 24.2 Å². The monoisotopic (exact) mass is 232 g/mol. The van der Waals surface area contributed by atoms with E-state index in [-0.39, 0.29) is 0 Å². The van der Waals surface area contributed by atoms with Gasteiger partial charge in [0.05, 0.1) is 0 Å². The summed E-state index contributed by atoms with van der Waals surface area (Å²) in [7, 11) is 0. The first-order valence-electron chi connectivity index (χ1n) is 6.62. The minimum absolute atomic E-state index is 0.392. The van der Waals surface area contributed by atoms with Gasteiger partial charge >= 0.3 is 0 Å². The van der Waals surface area contributed by atoms with Gasteiger partial charge in [0.15, 0.2) is 0 Å². The van der Waals surface area contributed by atoms with Crippen LogP contribution in [0.2, 0.25) is 0 Å². The molecule has 1 saturated heterocycles. The molecule has 0 radical (unpaired) electrons. The number of likely N-dealkylation sites (tertiary alicyclic amines) is 1. The quantitative estimate of drug-likeness (QED) is 0.868. The lowest BCUT2D eigenvalue weighted by atomic mass is 10.0. The molecule has 2 N–H and O–H groups in total. The second-order valence-corrected chi connectivity index (χ2v) is 5.57. The molecule has 3 atom stereocenters. The minimum atomic E-state index is 0.392. The third-order valence-corrected chi connectivity index (χ3v) is 4.14. The lowest BCUT2D eigenvalue weighted by molar-refractivity contribution is 0.240. The van der Waals surface area contributed by atoms with Crippen LogP contribution in [0.15, 0.2) is 24.3 Å². The molecule has 0 amide bonds. The number of hydrogen-bond donors (Lipinski definition) is 1. The van der Waals surface area contributed by atoms with Crippen LogP contribution in [0.3, 0.4) is 0 Å². The Labute approximate surface area is 105 Å². The molecular weight excluding hydrogens is 208 g/mol. The predicted octanol–water partition coefficient (Wildman–Crippen LogP) is 2.58. The average molecular weight is 232 g/mol. The van der Waals surface area contributed by atoms with E-state index in [1.54, 1.807) is 0 Å². The van der Waals surface area contributed by atoms with Crippen LogP contribution in [0.4, 0.5) is 0 Å². The fourth-order valence-electron chi connectivity index (χ4n) is 2.71. The summed E-state index contributed by atoms with van der Waals surface area (Å²) in [5, 5.41) is 0. The van der Waals surface area contributed by atoms with Crippen LogP contribution in [-0.4, -0.2) is 24.5 Å². The summed E-state index contributed by atoms with van der Waals surface area (Å²) >= 11 is 0. The molecule has 17 heavy (non-hydrogen) atoms. The third kappa shape index (κ3) is 2.70. The summed E-state index contributed by atoms with van der Waals surface area (Å²) in [6.45, 7) is 9.87. The Hall–Kier alpha value is -0.860. The van der Waals surface area contributed by atoms with Gasteiger partial charge in [-0.25, -0.2) is 0 Å². The van der Waals surface area contributed by atoms with Gasteiger partial charge in [-0.05, 0) is 24.3 Å². The second-order valence-electron chi connectivity index (χ2n) is 5.57. The fourth-order valence-corrected chi connectivity index (χ4v) is 2.71. The van der Waals surface area contributed by atoms with Crippen molar-refractivity contribution in [1.29, 1.82) is 0 Å². The van der Waals surface area contributed by atoms with Gasteiger partial charge in [-0.3, -0.25) is 4.90 Å². The van der Waals surface area contributed by atoms with Crippen molar-refractivity contribution in [2.75, 3.05) is 19.6 Å². The molecule has 2 heteroatoms. The smallest absolute Gasteiger partial charge is 0.0470 e. The molecule has 0 saturated carbocycles. The number of rotatable bonds is 3. The van der Waals surface area contributed by atoms with Crippen LogP contribution in [0.5, 0.6) is 0 Å². The highest BCUT2D eigenvalue weighted by Gasteiger charge is 2.30. The topological polar surface area (TPSA) is 29.3 Å². The van der Waals surface area contributed by atoms with Gasteiger partial charge in [-0.2, -0.15) is 0 Å². The molecule has 94 valence electrons. The van der Waals surface area contributed by atoms with Crippen molar-refractivity contribution in [3.63, 3.8) is 0 Å². The molecule has 0 bridgehead atoms. The van der Waals surface area contributed by atoms with Crippen molar-refractivity contribution in [2.24, 2.45) is 17.6 Å². The number of nitrogens with two attached hydrogens (primary N) is 1. The van der Waals surface area contributed by atoms with Gasteiger partial charge in [-0.15, -0.1) is 0 Å². The molecule has 0 aliphatic carbocycles. The zero-order valence-corrected chi connectivity index (χ0v) is 11.2. The maximum atomic E-state index is 5.97. The van der Waals surface area contributed by atoms with E-state index in [4.69, 9.17) is 5.73 Å². The Morgan fingerprint density at radius 2 is 1.71 bits per heavy atom. The van der Waals surface area contributed by atoms with E-state index >= 15 is 0 Å². The van der Waals surface area contributed by atoms with E-state index in [1.807, 2.05) is 0 Å². The standard InChI is InChI=1S/C15H24N2/c1-11-4-6-14(7-5-11)15(8-16)17-9-12(2)13(3)10-17/h4-7,12-13,15H,8-10,16H2,1-3H3. The van der Waals surface area contributed by atoms with Gasteiger partial charge < -0.3 is 5.73 Å². The molecule has 1 aliphatic rings. The van der Waals surface area contributed by atoms with Crippen molar-refractivity contribution in [3.05, 3.63) is 35.4 Å². The molecule has 3 unspecified atom stereocenters. The molecule has 1 heterocycles. The molecule has 2 nitrogen and oxygen atoms in total. The molecule has 1 fully saturated rings. The highest BCUT2D eigenvalue weighted by molar-refractivity contribution is 5.24. The molecule has 0 spiro atoms. The maximum absolute atomic E-state index is 5.97. The number of aryl methyl sites for hydroxylation is 1. The molecule has 1 aliphatic heterocycles. The maximum Gasteiger partial charge on any atom is 0.0470 e. The first-order valence-corrected chi connectivity index (χ1v) is 6.62. The van der Waals surface area contributed by atoms with Gasteiger partial charge in [0, 0.05) is 25.7 Å². The minimum Gasteiger partial charge on any atom is -0.329 e. The van der Waals surface area contributed by atoms with Crippen molar-refractivity contribution in [3.8, 4) is 0 Å². The van der Waals surface area contributed by atoms with E-state index in [2.05, 4.69) is 49.9 Å². The largest absolute Gasteiger partial charge is 0.329 e. The zero-order valence-electron chi connectivity index (χ0n) is 11.2. The molecule has 1 aromatic carbocycles. The van der Waals surface area contributed by atoms with E-state index < -0.39 is 0 Å². The summed E-state index contributed by atoms with van der Waals surface area (Å²) in [5.74, 6) is 1.57. The van der Waals surface area contributed by atoms with Gasteiger partial charge in [-0.1, -0.05) is 43.7 Å². The van der Waals surface area contributed by atoms with Crippen molar-refractivity contribution < 1.29 is 0 Å². The first-order chi connectivity index (χ1) is 8.11. The Morgan fingerprint density at radius 3 is 2.18 bits per heavy atom. The van der Waals surface area contributed by atoms with Gasteiger partial charge in [0.25, 0.3) is 0 Å². The average Bonchev–Trinajstić information content (AvgIpc) is 2.63. The normalized spacial score (nSPS) is 27.3. The van der Waals surface area contributed by atoms with Crippen LogP contribution < -0.4 is 5.73 Å². The summed E-state index contributed by atoms with van der Waals surface area (Å²) < 4.78 is 0. The van der Waals surface area contributed by atoms with Gasteiger partial charge in [0.1, 0.15) is 0 Å². The lowest BCUT2D eigenvalue weighted by Gasteiger charge is -2.27. The van der Waals surface area contributed by atoms with Crippen molar-refractivity contribution in [2.45, 2.75) is 26.8 Å². The van der Waals surface area contributed by atoms with Crippen LogP contribution in [-0.2, 0) is 0 Å². The fraction of sp³-hybridized carbons (Fsp3) is 0.600. The highest BCUT2D eigenvalue weighted by atomic mass is 15.2. The summed E-state index contributed by atoms with van der Waals surface area (Å²) in [5.41, 5.74) is 8.65. The third-order valence-electron chi connectivity index (χ3n) is 4.14. The molecule has 2 rings (SSSR count).